The van der Waals surface area contributed by atoms with Crippen molar-refractivity contribution < 1.29 is 4.74 Å². The van der Waals surface area contributed by atoms with Gasteiger partial charge < -0.3 is 10.1 Å². The summed E-state index contributed by atoms with van der Waals surface area (Å²) >= 11 is 0. The molecule has 0 atom stereocenters. The van der Waals surface area contributed by atoms with Crippen LogP contribution in [-0.2, 0) is 24.1 Å². The van der Waals surface area contributed by atoms with Crippen molar-refractivity contribution in [1.82, 2.24) is 5.32 Å². The van der Waals surface area contributed by atoms with E-state index in [2.05, 4.69) is 23.5 Å². The molecule has 0 amide bonds. The SMILES string of the molecule is c1cc2c(c(CC3CCOCC3)c1)CNCC2. The molecular formula is C15H21NO. The first-order chi connectivity index (χ1) is 8.43. The molecule has 92 valence electrons. The summed E-state index contributed by atoms with van der Waals surface area (Å²) in [7, 11) is 0. The Morgan fingerprint density at radius 1 is 1.24 bits per heavy atom. The number of hydrogen-bond acceptors (Lipinski definition) is 2. The number of nitrogens with one attached hydrogen (secondary N) is 1. The van der Waals surface area contributed by atoms with E-state index in [1.165, 1.54) is 25.7 Å². The van der Waals surface area contributed by atoms with E-state index < -0.39 is 0 Å². The van der Waals surface area contributed by atoms with Crippen molar-refractivity contribution in [2.75, 3.05) is 19.8 Å². The summed E-state index contributed by atoms with van der Waals surface area (Å²) in [6.07, 6.45) is 4.90. The fourth-order valence-electron chi connectivity index (χ4n) is 3.04. The first kappa shape index (κ1) is 11.2. The van der Waals surface area contributed by atoms with Gasteiger partial charge in [-0.2, -0.15) is 0 Å². The van der Waals surface area contributed by atoms with E-state index in [0.29, 0.717) is 0 Å². The average Bonchev–Trinajstić information content (AvgIpc) is 2.40. The molecule has 2 aliphatic rings. The molecule has 0 radical (unpaired) electrons. The van der Waals surface area contributed by atoms with Crippen molar-refractivity contribution in [2.45, 2.75) is 32.2 Å². The molecule has 1 N–H and O–H groups in total. The average molecular weight is 231 g/mol. The number of fused-ring (bicyclic) bond motifs is 1. The van der Waals surface area contributed by atoms with Crippen LogP contribution in [-0.4, -0.2) is 19.8 Å². The largest absolute Gasteiger partial charge is 0.381 e. The zero-order valence-electron chi connectivity index (χ0n) is 10.4. The molecule has 2 aliphatic heterocycles. The highest BCUT2D eigenvalue weighted by Gasteiger charge is 2.18. The summed E-state index contributed by atoms with van der Waals surface area (Å²) in [6.45, 7) is 4.11. The van der Waals surface area contributed by atoms with Crippen LogP contribution in [0, 0.1) is 5.92 Å². The smallest absolute Gasteiger partial charge is 0.0468 e. The fourth-order valence-corrected chi connectivity index (χ4v) is 3.04. The highest BCUT2D eigenvalue weighted by molar-refractivity contribution is 5.37. The third-order valence-electron chi connectivity index (χ3n) is 4.09. The fraction of sp³-hybridized carbons (Fsp3) is 0.600. The Kier molecular flexibility index (Phi) is 3.44. The summed E-state index contributed by atoms with van der Waals surface area (Å²) in [5.74, 6) is 0.831. The van der Waals surface area contributed by atoms with Gasteiger partial charge in [-0.25, -0.2) is 0 Å². The highest BCUT2D eigenvalue weighted by atomic mass is 16.5. The lowest BCUT2D eigenvalue weighted by molar-refractivity contribution is 0.0664. The molecule has 2 heterocycles. The van der Waals surface area contributed by atoms with Gasteiger partial charge in [-0.1, -0.05) is 18.2 Å². The van der Waals surface area contributed by atoms with Gasteiger partial charge in [-0.15, -0.1) is 0 Å². The van der Waals surface area contributed by atoms with Gasteiger partial charge in [0.1, 0.15) is 0 Å². The topological polar surface area (TPSA) is 21.3 Å². The number of rotatable bonds is 2. The van der Waals surface area contributed by atoms with Crippen molar-refractivity contribution in [2.24, 2.45) is 5.92 Å². The van der Waals surface area contributed by atoms with Gasteiger partial charge in [0.2, 0.25) is 0 Å². The zero-order chi connectivity index (χ0) is 11.5. The maximum Gasteiger partial charge on any atom is 0.0468 e. The second-order valence-electron chi connectivity index (χ2n) is 5.24. The van der Waals surface area contributed by atoms with Crippen molar-refractivity contribution >= 4 is 0 Å². The minimum absolute atomic E-state index is 0.831. The molecule has 1 fully saturated rings. The Morgan fingerprint density at radius 2 is 2.12 bits per heavy atom. The third-order valence-corrected chi connectivity index (χ3v) is 4.09. The lowest BCUT2D eigenvalue weighted by Gasteiger charge is -2.25. The molecule has 3 rings (SSSR count). The van der Waals surface area contributed by atoms with Gasteiger partial charge in [-0.3, -0.25) is 0 Å². The summed E-state index contributed by atoms with van der Waals surface area (Å²) in [4.78, 5) is 0. The molecule has 0 saturated carbocycles. The van der Waals surface area contributed by atoms with Crippen LogP contribution in [0.5, 0.6) is 0 Å². The van der Waals surface area contributed by atoms with E-state index in [9.17, 15) is 0 Å². The van der Waals surface area contributed by atoms with Crippen molar-refractivity contribution in [3.8, 4) is 0 Å². The molecule has 1 aromatic rings. The molecule has 17 heavy (non-hydrogen) atoms. The third kappa shape index (κ3) is 2.53. The Hall–Kier alpha value is -0.860. The van der Waals surface area contributed by atoms with Gasteiger partial charge in [0.05, 0.1) is 0 Å². The van der Waals surface area contributed by atoms with Crippen LogP contribution in [0.3, 0.4) is 0 Å². The summed E-state index contributed by atoms with van der Waals surface area (Å²) in [5, 5.41) is 3.49. The molecule has 2 heteroatoms. The second kappa shape index (κ2) is 5.19. The molecule has 0 aromatic heterocycles. The molecular weight excluding hydrogens is 210 g/mol. The van der Waals surface area contributed by atoms with Crippen molar-refractivity contribution in [3.63, 3.8) is 0 Å². The molecule has 0 bridgehead atoms. The standard InChI is InChI=1S/C15H21NO/c1-2-13-4-7-16-11-15(13)14(3-1)10-12-5-8-17-9-6-12/h1-3,12,16H,4-11H2. The van der Waals surface area contributed by atoms with E-state index >= 15 is 0 Å². The predicted molar refractivity (Wildman–Crippen MR) is 69.1 cm³/mol. The van der Waals surface area contributed by atoms with Gasteiger partial charge >= 0.3 is 0 Å². The Balaban J connectivity index is 1.77. The lowest BCUT2D eigenvalue weighted by atomic mass is 9.87. The predicted octanol–water partition coefficient (Wildman–Crippen LogP) is 2.30. The maximum absolute atomic E-state index is 5.44. The second-order valence-corrected chi connectivity index (χ2v) is 5.24. The number of benzene rings is 1. The normalized spacial score (nSPS) is 21.2. The summed E-state index contributed by atoms with van der Waals surface area (Å²) in [6, 6.07) is 6.85. The van der Waals surface area contributed by atoms with E-state index in [-0.39, 0.29) is 0 Å². The summed E-state index contributed by atoms with van der Waals surface area (Å²) < 4.78 is 5.44. The summed E-state index contributed by atoms with van der Waals surface area (Å²) in [5.41, 5.74) is 4.71. The van der Waals surface area contributed by atoms with Crippen LogP contribution in [0.25, 0.3) is 0 Å². The zero-order valence-corrected chi connectivity index (χ0v) is 10.4. The molecule has 2 nitrogen and oxygen atoms in total. The molecule has 0 unspecified atom stereocenters. The van der Waals surface area contributed by atoms with E-state index in [1.807, 2.05) is 0 Å². The maximum atomic E-state index is 5.44. The Labute approximate surface area is 103 Å². The minimum Gasteiger partial charge on any atom is -0.381 e. The van der Waals surface area contributed by atoms with Gasteiger partial charge in [0.15, 0.2) is 0 Å². The first-order valence-electron chi connectivity index (χ1n) is 6.81. The van der Waals surface area contributed by atoms with Gasteiger partial charge in [0.25, 0.3) is 0 Å². The van der Waals surface area contributed by atoms with Gasteiger partial charge in [-0.05, 0) is 54.8 Å². The molecule has 1 saturated heterocycles. The highest BCUT2D eigenvalue weighted by Crippen LogP contribution is 2.25. The Bertz CT molecular complexity index is 383. The van der Waals surface area contributed by atoms with Crippen LogP contribution in [0.1, 0.15) is 29.5 Å². The molecule has 0 spiro atoms. The van der Waals surface area contributed by atoms with E-state index in [0.717, 1.165) is 32.2 Å². The van der Waals surface area contributed by atoms with E-state index in [1.54, 1.807) is 16.7 Å². The number of ether oxygens (including phenoxy) is 1. The number of hydrogen-bond donors (Lipinski definition) is 1. The quantitative estimate of drug-likeness (QED) is 0.843. The van der Waals surface area contributed by atoms with E-state index in [4.69, 9.17) is 4.74 Å². The first-order valence-corrected chi connectivity index (χ1v) is 6.81. The minimum atomic E-state index is 0.831. The van der Waals surface area contributed by atoms with Gasteiger partial charge in [0, 0.05) is 19.8 Å². The lowest BCUT2D eigenvalue weighted by Crippen LogP contribution is -2.26. The van der Waals surface area contributed by atoms with Crippen LogP contribution < -0.4 is 5.32 Å². The van der Waals surface area contributed by atoms with Crippen LogP contribution in [0.15, 0.2) is 18.2 Å². The molecule has 1 aromatic carbocycles. The van der Waals surface area contributed by atoms with Crippen molar-refractivity contribution in [1.29, 1.82) is 0 Å². The molecule has 0 aliphatic carbocycles. The van der Waals surface area contributed by atoms with Crippen LogP contribution in [0.4, 0.5) is 0 Å². The monoisotopic (exact) mass is 231 g/mol. The van der Waals surface area contributed by atoms with Crippen molar-refractivity contribution in [3.05, 3.63) is 34.9 Å². The van der Waals surface area contributed by atoms with Crippen LogP contribution >= 0.6 is 0 Å². The Morgan fingerprint density at radius 3 is 3.00 bits per heavy atom. The van der Waals surface area contributed by atoms with Crippen LogP contribution in [0.2, 0.25) is 0 Å².